The van der Waals surface area contributed by atoms with Crippen molar-refractivity contribution in [3.8, 4) is 5.75 Å². The maximum atomic E-state index is 13.3. The van der Waals surface area contributed by atoms with Crippen LogP contribution in [-0.2, 0) is 0 Å². The second-order valence-electron chi connectivity index (χ2n) is 4.67. The zero-order chi connectivity index (χ0) is 14.7. The SMILES string of the molecule is CC(C)Oc1cc(Nc2cc(F)ccc2Br)ccc1N. The highest BCUT2D eigenvalue weighted by Gasteiger charge is 2.07. The molecule has 0 aliphatic heterocycles. The molecule has 0 aliphatic carbocycles. The van der Waals surface area contributed by atoms with E-state index in [1.165, 1.54) is 12.1 Å². The minimum Gasteiger partial charge on any atom is -0.489 e. The topological polar surface area (TPSA) is 47.3 Å². The van der Waals surface area contributed by atoms with Crippen LogP contribution in [-0.4, -0.2) is 6.10 Å². The molecule has 0 unspecified atom stereocenters. The molecule has 0 atom stereocenters. The minimum atomic E-state index is -0.301. The Morgan fingerprint density at radius 1 is 1.20 bits per heavy atom. The predicted molar refractivity (Wildman–Crippen MR) is 84.0 cm³/mol. The number of halogens is 2. The van der Waals surface area contributed by atoms with Crippen LogP contribution in [0.15, 0.2) is 40.9 Å². The fourth-order valence-corrected chi connectivity index (χ4v) is 2.06. The van der Waals surface area contributed by atoms with E-state index < -0.39 is 0 Å². The van der Waals surface area contributed by atoms with Gasteiger partial charge in [0.15, 0.2) is 0 Å². The summed E-state index contributed by atoms with van der Waals surface area (Å²) in [6.07, 6.45) is 0.0356. The van der Waals surface area contributed by atoms with E-state index in [9.17, 15) is 4.39 Å². The quantitative estimate of drug-likeness (QED) is 0.794. The van der Waals surface area contributed by atoms with Gasteiger partial charge in [-0.3, -0.25) is 0 Å². The van der Waals surface area contributed by atoms with Crippen LogP contribution in [0, 0.1) is 5.82 Å². The molecule has 0 bridgehead atoms. The van der Waals surface area contributed by atoms with Crippen molar-refractivity contribution in [3.63, 3.8) is 0 Å². The number of anilines is 3. The second kappa shape index (κ2) is 6.13. The molecular formula is C15H16BrFN2O. The molecule has 3 N–H and O–H groups in total. The van der Waals surface area contributed by atoms with Gasteiger partial charge in [0.1, 0.15) is 11.6 Å². The fourth-order valence-electron chi connectivity index (χ4n) is 1.72. The normalized spacial score (nSPS) is 10.7. The molecule has 106 valence electrons. The lowest BCUT2D eigenvalue weighted by Crippen LogP contribution is -2.07. The van der Waals surface area contributed by atoms with Crippen molar-refractivity contribution in [1.29, 1.82) is 0 Å². The number of nitrogens with two attached hydrogens (primary N) is 1. The molecule has 3 nitrogen and oxygen atoms in total. The van der Waals surface area contributed by atoms with Crippen LogP contribution >= 0.6 is 15.9 Å². The van der Waals surface area contributed by atoms with Crippen molar-refractivity contribution in [2.24, 2.45) is 0 Å². The monoisotopic (exact) mass is 338 g/mol. The van der Waals surface area contributed by atoms with Crippen LogP contribution in [0.2, 0.25) is 0 Å². The van der Waals surface area contributed by atoms with Gasteiger partial charge in [0.25, 0.3) is 0 Å². The highest BCUT2D eigenvalue weighted by atomic mass is 79.9. The summed E-state index contributed by atoms with van der Waals surface area (Å²) in [5.74, 6) is 0.308. The lowest BCUT2D eigenvalue weighted by Gasteiger charge is -2.15. The van der Waals surface area contributed by atoms with Crippen LogP contribution in [0.25, 0.3) is 0 Å². The largest absolute Gasteiger partial charge is 0.489 e. The highest BCUT2D eigenvalue weighted by Crippen LogP contribution is 2.31. The molecule has 0 aromatic heterocycles. The van der Waals surface area contributed by atoms with Crippen LogP contribution < -0.4 is 15.8 Å². The van der Waals surface area contributed by atoms with Crippen molar-refractivity contribution in [2.75, 3.05) is 11.1 Å². The zero-order valence-corrected chi connectivity index (χ0v) is 12.9. The van der Waals surface area contributed by atoms with E-state index in [-0.39, 0.29) is 11.9 Å². The number of ether oxygens (including phenoxy) is 1. The smallest absolute Gasteiger partial charge is 0.144 e. The molecule has 2 rings (SSSR count). The Morgan fingerprint density at radius 2 is 1.95 bits per heavy atom. The van der Waals surface area contributed by atoms with Crippen molar-refractivity contribution in [2.45, 2.75) is 20.0 Å². The molecule has 0 aliphatic rings. The van der Waals surface area contributed by atoms with Crippen LogP contribution in [0.3, 0.4) is 0 Å². The number of rotatable bonds is 4. The first kappa shape index (κ1) is 14.7. The summed E-state index contributed by atoms with van der Waals surface area (Å²) < 4.78 is 19.7. The fraction of sp³-hybridized carbons (Fsp3) is 0.200. The molecule has 2 aromatic carbocycles. The standard InChI is InChI=1S/C15H16BrFN2O/c1-9(2)20-15-8-11(4-6-13(15)18)19-14-7-10(17)3-5-12(14)16/h3-9,19H,18H2,1-2H3. The zero-order valence-electron chi connectivity index (χ0n) is 11.3. The van der Waals surface area contributed by atoms with E-state index in [2.05, 4.69) is 21.2 Å². The van der Waals surface area contributed by atoms with Gasteiger partial charge in [0.05, 0.1) is 17.5 Å². The summed E-state index contributed by atoms with van der Waals surface area (Å²) in [5, 5.41) is 3.13. The number of nitrogen functional groups attached to an aromatic ring is 1. The Labute approximate surface area is 126 Å². The first-order valence-electron chi connectivity index (χ1n) is 6.24. The number of benzene rings is 2. The molecule has 0 spiro atoms. The maximum absolute atomic E-state index is 13.3. The van der Waals surface area contributed by atoms with Crippen LogP contribution in [0.5, 0.6) is 5.75 Å². The summed E-state index contributed by atoms with van der Waals surface area (Å²) in [7, 11) is 0. The van der Waals surface area contributed by atoms with Gasteiger partial charge in [-0.2, -0.15) is 0 Å². The Bertz CT molecular complexity index is 617. The number of nitrogens with one attached hydrogen (secondary N) is 1. The lowest BCUT2D eigenvalue weighted by atomic mass is 10.2. The van der Waals surface area contributed by atoms with Crippen molar-refractivity contribution in [1.82, 2.24) is 0 Å². The molecule has 0 amide bonds. The Kier molecular flexibility index (Phi) is 4.49. The van der Waals surface area contributed by atoms with Gasteiger partial charge >= 0.3 is 0 Å². The molecule has 20 heavy (non-hydrogen) atoms. The molecule has 0 saturated carbocycles. The van der Waals surface area contributed by atoms with Gasteiger partial charge in [-0.1, -0.05) is 0 Å². The molecule has 5 heteroatoms. The van der Waals surface area contributed by atoms with Crippen molar-refractivity contribution >= 4 is 33.0 Å². The minimum absolute atomic E-state index is 0.0356. The van der Waals surface area contributed by atoms with Crippen molar-refractivity contribution in [3.05, 3.63) is 46.7 Å². The van der Waals surface area contributed by atoms with Crippen molar-refractivity contribution < 1.29 is 9.13 Å². The Balaban J connectivity index is 2.27. The summed E-state index contributed by atoms with van der Waals surface area (Å²) in [5.41, 5.74) is 7.86. The molecule has 0 radical (unpaired) electrons. The summed E-state index contributed by atoms with van der Waals surface area (Å²) in [6.45, 7) is 3.87. The average molecular weight is 339 g/mol. The predicted octanol–water partition coefficient (Wildman–Crippen LogP) is 4.70. The second-order valence-corrected chi connectivity index (χ2v) is 5.52. The molecule has 0 fully saturated rings. The van der Waals surface area contributed by atoms with E-state index in [0.29, 0.717) is 17.1 Å². The van der Waals surface area contributed by atoms with E-state index >= 15 is 0 Å². The Morgan fingerprint density at radius 3 is 2.65 bits per heavy atom. The molecule has 0 heterocycles. The van der Waals surface area contributed by atoms with Gasteiger partial charge in [-0.25, -0.2) is 4.39 Å². The molecular weight excluding hydrogens is 323 g/mol. The summed E-state index contributed by atoms with van der Waals surface area (Å²) >= 11 is 3.38. The van der Waals surface area contributed by atoms with Crippen LogP contribution in [0.1, 0.15) is 13.8 Å². The van der Waals surface area contributed by atoms with Crippen LogP contribution in [0.4, 0.5) is 21.5 Å². The third kappa shape index (κ3) is 3.63. The van der Waals surface area contributed by atoms with E-state index in [1.807, 2.05) is 19.9 Å². The first-order chi connectivity index (χ1) is 9.45. The highest BCUT2D eigenvalue weighted by molar-refractivity contribution is 9.10. The van der Waals surface area contributed by atoms with Gasteiger partial charge in [-0.15, -0.1) is 0 Å². The lowest BCUT2D eigenvalue weighted by molar-refractivity contribution is 0.244. The van der Waals surface area contributed by atoms with E-state index in [4.69, 9.17) is 10.5 Å². The third-order valence-corrected chi connectivity index (χ3v) is 3.28. The van der Waals surface area contributed by atoms with E-state index in [0.717, 1.165) is 10.2 Å². The van der Waals surface area contributed by atoms with Gasteiger partial charge < -0.3 is 15.8 Å². The molecule has 2 aromatic rings. The maximum Gasteiger partial charge on any atom is 0.144 e. The number of hydrogen-bond acceptors (Lipinski definition) is 3. The number of hydrogen-bond donors (Lipinski definition) is 2. The Hall–Kier alpha value is -1.75. The van der Waals surface area contributed by atoms with Gasteiger partial charge in [0.2, 0.25) is 0 Å². The summed E-state index contributed by atoms with van der Waals surface area (Å²) in [6, 6.07) is 9.84. The van der Waals surface area contributed by atoms with Gasteiger partial charge in [-0.05, 0) is 60.1 Å². The van der Waals surface area contributed by atoms with Gasteiger partial charge in [0, 0.05) is 16.2 Å². The third-order valence-electron chi connectivity index (χ3n) is 2.58. The first-order valence-corrected chi connectivity index (χ1v) is 7.03. The average Bonchev–Trinajstić information content (AvgIpc) is 2.37. The summed E-state index contributed by atoms with van der Waals surface area (Å²) in [4.78, 5) is 0. The van der Waals surface area contributed by atoms with E-state index in [1.54, 1.807) is 18.2 Å². The molecule has 0 saturated heterocycles.